The number of hydrogen-bond donors (Lipinski definition) is 1. The number of benzene rings is 1. The highest BCUT2D eigenvalue weighted by molar-refractivity contribution is 6.05. The minimum absolute atomic E-state index is 0.110. The molecule has 1 amide bonds. The molecule has 2 aromatic rings. The van der Waals surface area contributed by atoms with Crippen LogP contribution in [-0.2, 0) is 0 Å². The zero-order chi connectivity index (χ0) is 17.1. The Balaban J connectivity index is 1.76. The molecule has 4 nitrogen and oxygen atoms in total. The highest BCUT2D eigenvalue weighted by Crippen LogP contribution is 2.23. The number of hydrogen-bond acceptors (Lipinski definition) is 3. The molecule has 0 radical (unpaired) electrons. The van der Waals surface area contributed by atoms with Gasteiger partial charge in [0.2, 0.25) is 0 Å². The van der Waals surface area contributed by atoms with Crippen LogP contribution in [0.1, 0.15) is 41.3 Å². The maximum Gasteiger partial charge on any atom is 0.257 e. The van der Waals surface area contributed by atoms with Crippen molar-refractivity contribution in [3.8, 4) is 0 Å². The molecule has 3 rings (SSSR count). The summed E-state index contributed by atoms with van der Waals surface area (Å²) < 4.78 is 0. The Kier molecular flexibility index (Phi) is 4.84. The maximum atomic E-state index is 12.6. The first-order valence-corrected chi connectivity index (χ1v) is 8.61. The largest absolute Gasteiger partial charge is 0.370 e. The molecule has 2 heterocycles. The SMILES string of the molecule is Cc1ccc(NC(=O)c2cncc(N3CCCC(C)C3)c2)c(C)c1. The van der Waals surface area contributed by atoms with E-state index in [9.17, 15) is 4.79 Å². The lowest BCUT2D eigenvalue weighted by atomic mass is 10.00. The number of nitrogens with zero attached hydrogens (tertiary/aromatic N) is 2. The molecule has 1 atom stereocenters. The van der Waals surface area contributed by atoms with E-state index in [4.69, 9.17) is 0 Å². The zero-order valence-corrected chi connectivity index (χ0v) is 14.7. The topological polar surface area (TPSA) is 45.2 Å². The fraction of sp³-hybridized carbons (Fsp3) is 0.400. The van der Waals surface area contributed by atoms with Crippen LogP contribution >= 0.6 is 0 Å². The summed E-state index contributed by atoms with van der Waals surface area (Å²) in [5, 5.41) is 3.00. The Hall–Kier alpha value is -2.36. The molecule has 1 N–H and O–H groups in total. The molecule has 1 aromatic heterocycles. The van der Waals surface area contributed by atoms with Crippen LogP contribution in [-0.4, -0.2) is 24.0 Å². The van der Waals surface area contributed by atoms with E-state index in [1.807, 2.05) is 38.2 Å². The minimum Gasteiger partial charge on any atom is -0.370 e. The van der Waals surface area contributed by atoms with Gasteiger partial charge in [-0.3, -0.25) is 9.78 Å². The normalized spacial score (nSPS) is 17.6. The van der Waals surface area contributed by atoms with E-state index in [0.717, 1.165) is 30.0 Å². The number of carbonyl (C=O) groups excluding carboxylic acids is 1. The highest BCUT2D eigenvalue weighted by atomic mass is 16.1. The predicted octanol–water partition coefficient (Wildman–Crippen LogP) is 4.19. The van der Waals surface area contributed by atoms with Crippen LogP contribution in [0.5, 0.6) is 0 Å². The van der Waals surface area contributed by atoms with Crippen LogP contribution in [0.25, 0.3) is 0 Å². The number of carbonyl (C=O) groups is 1. The van der Waals surface area contributed by atoms with Gasteiger partial charge in [-0.2, -0.15) is 0 Å². The second-order valence-electron chi connectivity index (χ2n) is 6.90. The third kappa shape index (κ3) is 3.75. The van der Waals surface area contributed by atoms with Crippen molar-refractivity contribution in [2.45, 2.75) is 33.6 Å². The summed E-state index contributed by atoms with van der Waals surface area (Å²) in [7, 11) is 0. The number of aromatic nitrogens is 1. The van der Waals surface area contributed by atoms with Crippen molar-refractivity contribution in [2.75, 3.05) is 23.3 Å². The smallest absolute Gasteiger partial charge is 0.257 e. The number of pyridine rings is 1. The number of amides is 1. The van der Waals surface area contributed by atoms with Crippen molar-refractivity contribution < 1.29 is 4.79 Å². The van der Waals surface area contributed by atoms with Gasteiger partial charge in [-0.25, -0.2) is 0 Å². The summed E-state index contributed by atoms with van der Waals surface area (Å²) in [4.78, 5) is 19.2. The average molecular weight is 323 g/mol. The van der Waals surface area contributed by atoms with Crippen LogP contribution in [0.2, 0.25) is 0 Å². The molecule has 1 saturated heterocycles. The summed E-state index contributed by atoms with van der Waals surface area (Å²) in [5.41, 5.74) is 4.74. The second kappa shape index (κ2) is 7.04. The number of rotatable bonds is 3. The predicted molar refractivity (Wildman–Crippen MR) is 98.7 cm³/mol. The molecule has 1 fully saturated rings. The molecular formula is C20H25N3O. The minimum atomic E-state index is -0.110. The van der Waals surface area contributed by atoms with Gasteiger partial charge in [-0.05, 0) is 50.3 Å². The molecule has 1 unspecified atom stereocenters. The van der Waals surface area contributed by atoms with Crippen molar-refractivity contribution in [3.63, 3.8) is 0 Å². The van der Waals surface area contributed by atoms with Crippen LogP contribution in [0.15, 0.2) is 36.7 Å². The van der Waals surface area contributed by atoms with Crippen LogP contribution in [0.3, 0.4) is 0 Å². The summed E-state index contributed by atoms with van der Waals surface area (Å²) in [6.45, 7) is 8.40. The van der Waals surface area contributed by atoms with Gasteiger partial charge >= 0.3 is 0 Å². The molecule has 1 aliphatic rings. The van der Waals surface area contributed by atoms with Gasteiger partial charge < -0.3 is 10.2 Å². The van der Waals surface area contributed by atoms with Crippen LogP contribution < -0.4 is 10.2 Å². The maximum absolute atomic E-state index is 12.6. The van der Waals surface area contributed by atoms with Crippen molar-refractivity contribution in [2.24, 2.45) is 5.92 Å². The van der Waals surface area contributed by atoms with E-state index < -0.39 is 0 Å². The van der Waals surface area contributed by atoms with Gasteiger partial charge in [0.05, 0.1) is 17.4 Å². The average Bonchev–Trinajstić information content (AvgIpc) is 2.57. The van der Waals surface area contributed by atoms with Crippen molar-refractivity contribution in [1.82, 2.24) is 4.98 Å². The molecule has 1 aromatic carbocycles. The summed E-state index contributed by atoms with van der Waals surface area (Å²) in [5.74, 6) is 0.577. The Morgan fingerprint density at radius 3 is 2.83 bits per heavy atom. The van der Waals surface area contributed by atoms with Crippen molar-refractivity contribution >= 4 is 17.3 Å². The van der Waals surface area contributed by atoms with Gasteiger partial charge in [0, 0.05) is 25.0 Å². The Bertz CT molecular complexity index is 741. The zero-order valence-electron chi connectivity index (χ0n) is 14.7. The molecule has 0 saturated carbocycles. The fourth-order valence-corrected chi connectivity index (χ4v) is 3.30. The Morgan fingerprint density at radius 1 is 1.25 bits per heavy atom. The van der Waals surface area contributed by atoms with Crippen molar-refractivity contribution in [3.05, 3.63) is 53.3 Å². The summed E-state index contributed by atoms with van der Waals surface area (Å²) in [6.07, 6.45) is 5.96. The number of aryl methyl sites for hydroxylation is 2. The number of piperidine rings is 1. The number of anilines is 2. The molecule has 126 valence electrons. The van der Waals surface area contributed by atoms with E-state index in [0.29, 0.717) is 11.5 Å². The first kappa shape index (κ1) is 16.5. The molecule has 0 bridgehead atoms. The Morgan fingerprint density at radius 2 is 2.08 bits per heavy atom. The Labute approximate surface area is 143 Å². The monoisotopic (exact) mass is 323 g/mol. The third-order valence-electron chi connectivity index (χ3n) is 4.64. The number of nitrogens with one attached hydrogen (secondary N) is 1. The molecular weight excluding hydrogens is 298 g/mol. The van der Waals surface area contributed by atoms with Gasteiger partial charge in [-0.15, -0.1) is 0 Å². The van der Waals surface area contributed by atoms with Crippen LogP contribution in [0.4, 0.5) is 11.4 Å². The molecule has 1 aliphatic heterocycles. The first-order chi connectivity index (χ1) is 11.5. The third-order valence-corrected chi connectivity index (χ3v) is 4.64. The lowest BCUT2D eigenvalue weighted by Gasteiger charge is -2.32. The summed E-state index contributed by atoms with van der Waals surface area (Å²) in [6, 6.07) is 7.97. The highest BCUT2D eigenvalue weighted by Gasteiger charge is 2.18. The first-order valence-electron chi connectivity index (χ1n) is 8.61. The van der Waals surface area contributed by atoms with E-state index >= 15 is 0 Å². The molecule has 0 aliphatic carbocycles. The molecule has 24 heavy (non-hydrogen) atoms. The lowest BCUT2D eigenvalue weighted by molar-refractivity contribution is 0.102. The van der Waals surface area contributed by atoms with E-state index in [1.165, 1.54) is 18.4 Å². The van der Waals surface area contributed by atoms with E-state index in [1.54, 1.807) is 6.20 Å². The van der Waals surface area contributed by atoms with Gasteiger partial charge in [0.25, 0.3) is 5.91 Å². The second-order valence-corrected chi connectivity index (χ2v) is 6.90. The van der Waals surface area contributed by atoms with Crippen LogP contribution in [0, 0.1) is 19.8 Å². The van der Waals surface area contributed by atoms with Gasteiger partial charge in [-0.1, -0.05) is 24.6 Å². The van der Waals surface area contributed by atoms with Crippen molar-refractivity contribution in [1.29, 1.82) is 0 Å². The van der Waals surface area contributed by atoms with Gasteiger partial charge in [0.15, 0.2) is 0 Å². The van der Waals surface area contributed by atoms with E-state index in [2.05, 4.69) is 28.2 Å². The van der Waals surface area contributed by atoms with Gasteiger partial charge in [0.1, 0.15) is 0 Å². The lowest BCUT2D eigenvalue weighted by Crippen LogP contribution is -2.34. The summed E-state index contributed by atoms with van der Waals surface area (Å²) >= 11 is 0. The molecule has 0 spiro atoms. The quantitative estimate of drug-likeness (QED) is 0.921. The fourth-order valence-electron chi connectivity index (χ4n) is 3.30. The molecule has 4 heteroatoms. The van der Waals surface area contributed by atoms with E-state index in [-0.39, 0.29) is 5.91 Å². The standard InChI is InChI=1S/C20H25N3O/c1-14-6-7-19(16(3)9-14)22-20(24)17-10-18(12-21-11-17)23-8-4-5-15(2)13-23/h6-7,9-12,15H,4-5,8,13H2,1-3H3,(H,22,24).